The van der Waals surface area contributed by atoms with E-state index in [4.69, 9.17) is 16.5 Å². The van der Waals surface area contributed by atoms with E-state index in [1.807, 2.05) is 30.3 Å². The lowest BCUT2D eigenvalue weighted by molar-refractivity contribution is 1.03. The third kappa shape index (κ3) is 5.52. The highest BCUT2D eigenvalue weighted by atomic mass is 15.0. The Bertz CT molecular complexity index is 2620. The Morgan fingerprint density at radius 2 is 1.14 bits per heavy atom. The molecule has 2 aromatic heterocycles. The number of nitrogens with zero attached hydrogens (tertiary/aromatic N) is 4. The van der Waals surface area contributed by atoms with E-state index in [-0.39, 0.29) is 0 Å². The van der Waals surface area contributed by atoms with E-state index < -0.39 is 0 Å². The van der Waals surface area contributed by atoms with Crippen molar-refractivity contribution in [2.75, 3.05) is 0 Å². The lowest BCUT2D eigenvalue weighted by Crippen LogP contribution is -2.03. The maximum Gasteiger partial charge on any atom is 0.188 e. The molecule has 0 amide bonds. The van der Waals surface area contributed by atoms with Gasteiger partial charge in [-0.25, -0.2) is 14.8 Å². The van der Waals surface area contributed by atoms with Gasteiger partial charge >= 0.3 is 0 Å². The van der Waals surface area contributed by atoms with Gasteiger partial charge in [0.25, 0.3) is 0 Å². The molecule has 0 saturated carbocycles. The van der Waals surface area contributed by atoms with Crippen molar-refractivity contribution in [3.8, 4) is 50.6 Å². The minimum Gasteiger partial charge on any atom is -0.308 e. The van der Waals surface area contributed by atoms with E-state index in [1.165, 1.54) is 0 Å². The van der Waals surface area contributed by atoms with Crippen LogP contribution < -0.4 is 0 Å². The highest BCUT2D eigenvalue weighted by Gasteiger charge is 2.22. The summed E-state index contributed by atoms with van der Waals surface area (Å²) in [6, 6.07) is 52.7. The van der Waals surface area contributed by atoms with Crippen molar-refractivity contribution in [2.45, 2.75) is 12.8 Å². The number of allylic oxidation sites excluding steroid dienone is 4. The summed E-state index contributed by atoms with van der Waals surface area (Å²) < 4.78 is 2.38. The molecule has 1 aliphatic carbocycles. The van der Waals surface area contributed by atoms with Crippen LogP contribution in [0.25, 0.3) is 82.8 Å². The fourth-order valence-corrected chi connectivity index (χ4v) is 7.23. The number of benzene rings is 6. The topological polar surface area (TPSA) is 35.1 Å². The highest BCUT2D eigenvalue weighted by Crippen LogP contribution is 2.44. The number of hydrogen-bond donors (Lipinski definition) is 0. The van der Waals surface area contributed by atoms with Gasteiger partial charge in [0.2, 0.25) is 0 Å². The average Bonchev–Trinajstić information content (AvgIpc) is 3.54. The van der Waals surface area contributed by atoms with Gasteiger partial charge in [0.1, 0.15) is 0 Å². The van der Waals surface area contributed by atoms with Crippen LogP contribution in [0.2, 0.25) is 0 Å². The summed E-state index contributed by atoms with van der Waals surface area (Å²) in [5.41, 5.74) is 13.1. The van der Waals surface area contributed by atoms with Crippen LogP contribution in [-0.4, -0.2) is 14.5 Å². The molecule has 4 heteroatoms. The third-order valence-corrected chi connectivity index (χ3v) is 9.63. The Morgan fingerprint density at radius 3 is 1.78 bits per heavy atom. The Hall–Kier alpha value is -6.83. The highest BCUT2D eigenvalue weighted by molar-refractivity contribution is 6.11. The predicted molar refractivity (Wildman–Crippen MR) is 211 cm³/mol. The van der Waals surface area contributed by atoms with Crippen molar-refractivity contribution in [1.29, 1.82) is 0 Å². The minimum absolute atomic E-state index is 0.629. The van der Waals surface area contributed by atoms with Gasteiger partial charge < -0.3 is 4.57 Å². The molecule has 1 aliphatic rings. The first-order valence-electron chi connectivity index (χ1n) is 17.3. The largest absolute Gasteiger partial charge is 0.308 e. The summed E-state index contributed by atoms with van der Waals surface area (Å²) >= 11 is 0. The third-order valence-electron chi connectivity index (χ3n) is 9.63. The average molecular weight is 653 g/mol. The zero-order valence-electron chi connectivity index (χ0n) is 27.9. The van der Waals surface area contributed by atoms with Crippen molar-refractivity contribution in [1.82, 2.24) is 14.5 Å². The minimum atomic E-state index is 0.629. The smallest absolute Gasteiger partial charge is 0.188 e. The number of rotatable bonds is 6. The molecule has 0 aliphatic heterocycles. The molecule has 0 saturated heterocycles. The molecule has 0 N–H and O–H groups in total. The molecule has 4 nitrogen and oxygen atoms in total. The van der Waals surface area contributed by atoms with Gasteiger partial charge in [0.05, 0.1) is 34.7 Å². The summed E-state index contributed by atoms with van der Waals surface area (Å²) in [6.45, 7) is 7.75. The zero-order chi connectivity index (χ0) is 34.1. The van der Waals surface area contributed by atoms with Crippen LogP contribution >= 0.6 is 0 Å². The fraction of sp³-hybridized carbons (Fsp3) is 0.0426. The van der Waals surface area contributed by atoms with E-state index in [2.05, 4.69) is 149 Å². The van der Waals surface area contributed by atoms with Crippen LogP contribution in [0.4, 0.5) is 5.69 Å². The molecule has 2 heterocycles. The van der Waals surface area contributed by atoms with Crippen molar-refractivity contribution < 1.29 is 0 Å². The van der Waals surface area contributed by atoms with E-state index in [1.54, 1.807) is 0 Å². The van der Waals surface area contributed by atoms with Crippen molar-refractivity contribution >= 4 is 33.1 Å². The first-order chi connectivity index (χ1) is 25.2. The van der Waals surface area contributed by atoms with Crippen LogP contribution in [0.15, 0.2) is 170 Å². The standard InChI is InChI=1S/C47H32N4/c1-48-37-26-27-45-41(30-37)38-24-14-15-25-44(38)51(45)46-39(32-16-6-2-7-17-32)28-36(29-40(46)33-18-8-3-9-19-33)43-31-42(34-20-10-4-11-21-34)49-47(50-43)35-22-12-5-13-23-35/h2-3,5-10,12-31H,4,11H2. The Kier molecular flexibility index (Phi) is 7.64. The van der Waals surface area contributed by atoms with Crippen LogP contribution in [0, 0.1) is 6.57 Å². The maximum atomic E-state index is 7.75. The van der Waals surface area contributed by atoms with Gasteiger partial charge in [0, 0.05) is 27.6 Å². The molecular formula is C47H32N4. The van der Waals surface area contributed by atoms with E-state index in [9.17, 15) is 0 Å². The van der Waals surface area contributed by atoms with Gasteiger partial charge in [-0.05, 0) is 71.3 Å². The molecule has 0 fully saturated rings. The van der Waals surface area contributed by atoms with Crippen LogP contribution in [0.1, 0.15) is 18.5 Å². The molecule has 9 rings (SSSR count). The molecule has 8 aromatic rings. The first-order valence-corrected chi connectivity index (χ1v) is 17.3. The molecule has 0 unspecified atom stereocenters. The molecule has 0 radical (unpaired) electrons. The maximum absolute atomic E-state index is 7.75. The molecule has 6 aromatic carbocycles. The van der Waals surface area contributed by atoms with Crippen molar-refractivity contribution in [3.63, 3.8) is 0 Å². The van der Waals surface area contributed by atoms with Crippen molar-refractivity contribution in [3.05, 3.63) is 187 Å². The first kappa shape index (κ1) is 30.2. The van der Waals surface area contributed by atoms with Crippen LogP contribution in [-0.2, 0) is 0 Å². The normalized spacial score (nSPS) is 12.6. The summed E-state index contributed by atoms with van der Waals surface area (Å²) in [5, 5.41) is 2.17. The molecule has 51 heavy (non-hydrogen) atoms. The molecule has 240 valence electrons. The monoisotopic (exact) mass is 652 g/mol. The van der Waals surface area contributed by atoms with Crippen LogP contribution in [0.5, 0.6) is 0 Å². The zero-order valence-corrected chi connectivity index (χ0v) is 27.9. The summed E-state index contributed by atoms with van der Waals surface area (Å²) in [6.07, 6.45) is 8.71. The molecule has 0 bridgehead atoms. The quantitative estimate of drug-likeness (QED) is 0.168. The SMILES string of the molecule is [C-]#[N+]c1ccc2c(c1)c1ccccc1n2-c1c(-c2ccccc2)cc(-c2cc(C3=CCCC=C3)nc(-c3ccccc3)n2)cc1-c1ccccc1. The predicted octanol–water partition coefficient (Wildman–Crippen LogP) is 12.5. The number of fused-ring (bicyclic) bond motifs is 3. The Balaban J connectivity index is 1.40. The number of para-hydroxylation sites is 1. The van der Waals surface area contributed by atoms with Crippen LogP contribution in [0.3, 0.4) is 0 Å². The van der Waals surface area contributed by atoms with Gasteiger partial charge in [-0.3, -0.25) is 0 Å². The second-order valence-corrected chi connectivity index (χ2v) is 12.8. The lowest BCUT2D eigenvalue weighted by Gasteiger charge is -2.21. The van der Waals surface area contributed by atoms with Crippen molar-refractivity contribution in [2.24, 2.45) is 0 Å². The Morgan fingerprint density at radius 1 is 0.529 bits per heavy atom. The van der Waals surface area contributed by atoms with Gasteiger partial charge in [-0.2, -0.15) is 0 Å². The molecule has 0 atom stereocenters. The fourth-order valence-electron chi connectivity index (χ4n) is 7.23. The molecule has 0 spiro atoms. The van der Waals surface area contributed by atoms with E-state index in [0.717, 1.165) is 90.7 Å². The van der Waals surface area contributed by atoms with E-state index >= 15 is 0 Å². The van der Waals surface area contributed by atoms with Gasteiger partial charge in [-0.1, -0.05) is 133 Å². The lowest BCUT2D eigenvalue weighted by atomic mass is 9.91. The van der Waals surface area contributed by atoms with Gasteiger partial charge in [0.15, 0.2) is 11.5 Å². The second kappa shape index (κ2) is 12.9. The Labute approximate surface area is 297 Å². The molecular weight excluding hydrogens is 621 g/mol. The van der Waals surface area contributed by atoms with Gasteiger partial charge in [-0.15, -0.1) is 0 Å². The second-order valence-electron chi connectivity index (χ2n) is 12.8. The summed E-state index contributed by atoms with van der Waals surface area (Å²) in [7, 11) is 0. The number of hydrogen-bond acceptors (Lipinski definition) is 2. The summed E-state index contributed by atoms with van der Waals surface area (Å²) in [4.78, 5) is 14.1. The van der Waals surface area contributed by atoms with E-state index in [0.29, 0.717) is 11.5 Å². The summed E-state index contributed by atoms with van der Waals surface area (Å²) in [5.74, 6) is 0.701. The number of aromatic nitrogens is 3.